The van der Waals surface area contributed by atoms with Crippen LogP contribution in [0.15, 0.2) is 24.3 Å². The van der Waals surface area contributed by atoms with Crippen LogP contribution in [0.5, 0.6) is 5.75 Å². The minimum absolute atomic E-state index is 0.103. The van der Waals surface area contributed by atoms with Crippen molar-refractivity contribution in [1.29, 1.82) is 0 Å². The summed E-state index contributed by atoms with van der Waals surface area (Å²) in [5.74, 6) is 0.175. The fraction of sp³-hybridized carbons (Fsp3) is 0.533. The van der Waals surface area contributed by atoms with E-state index in [0.29, 0.717) is 37.2 Å². The molecule has 1 aromatic rings. The molecule has 1 aliphatic rings. The van der Waals surface area contributed by atoms with Crippen molar-refractivity contribution < 1.29 is 27.4 Å². The van der Waals surface area contributed by atoms with E-state index in [9.17, 15) is 18.0 Å². The quantitative estimate of drug-likeness (QED) is 0.801. The van der Waals surface area contributed by atoms with Gasteiger partial charge in [-0.3, -0.25) is 4.90 Å². The Morgan fingerprint density at radius 1 is 1.23 bits per heavy atom. The molecule has 1 saturated heterocycles. The topological polar surface area (TPSA) is 38.8 Å². The summed E-state index contributed by atoms with van der Waals surface area (Å²) >= 11 is 0. The Hall–Kier alpha value is -1.76. The van der Waals surface area contributed by atoms with E-state index in [1.165, 1.54) is 12.0 Å². The van der Waals surface area contributed by atoms with Gasteiger partial charge >= 0.3 is 12.1 Å². The fourth-order valence-corrected chi connectivity index (χ4v) is 2.42. The number of methoxy groups -OCH3 is 1. The number of carbonyl (C=O) groups excluding carboxylic acids is 1. The van der Waals surface area contributed by atoms with Crippen LogP contribution in [0.2, 0.25) is 0 Å². The summed E-state index contributed by atoms with van der Waals surface area (Å²) in [6.07, 6.45) is -3.16. The number of benzene rings is 1. The molecule has 0 aliphatic carbocycles. The number of nitrogens with zero attached hydrogens (tertiary/aromatic N) is 1. The van der Waals surface area contributed by atoms with E-state index in [-0.39, 0.29) is 6.10 Å². The number of piperidine rings is 1. The predicted molar refractivity (Wildman–Crippen MR) is 73.9 cm³/mol. The molecule has 1 aliphatic heterocycles. The molecule has 0 spiro atoms. The van der Waals surface area contributed by atoms with Gasteiger partial charge in [-0.25, -0.2) is 4.79 Å². The second-order valence-electron chi connectivity index (χ2n) is 5.22. The number of likely N-dealkylation sites (tertiary alicyclic amines) is 1. The Morgan fingerprint density at radius 2 is 1.82 bits per heavy atom. The normalized spacial score (nSPS) is 17.3. The molecule has 1 fully saturated rings. The third kappa shape index (κ3) is 4.91. The van der Waals surface area contributed by atoms with Gasteiger partial charge in [-0.05, 0) is 37.1 Å². The zero-order valence-corrected chi connectivity index (χ0v) is 12.2. The largest absolute Gasteiger partial charge is 0.490 e. The van der Waals surface area contributed by atoms with Crippen LogP contribution in [-0.2, 0) is 4.74 Å². The average Bonchev–Trinajstić information content (AvgIpc) is 2.48. The van der Waals surface area contributed by atoms with Gasteiger partial charge in [0, 0.05) is 13.1 Å². The monoisotopic (exact) mass is 317 g/mol. The van der Waals surface area contributed by atoms with Crippen molar-refractivity contribution in [3.05, 3.63) is 29.8 Å². The van der Waals surface area contributed by atoms with Gasteiger partial charge < -0.3 is 9.47 Å². The smallest absolute Gasteiger partial charge is 0.401 e. The maximum atomic E-state index is 12.3. The first-order valence-electron chi connectivity index (χ1n) is 7.01. The lowest BCUT2D eigenvalue weighted by molar-refractivity contribution is -0.149. The average molecular weight is 317 g/mol. The van der Waals surface area contributed by atoms with Crippen molar-refractivity contribution in [1.82, 2.24) is 4.90 Å². The van der Waals surface area contributed by atoms with Crippen LogP contribution in [0.1, 0.15) is 23.2 Å². The molecule has 0 unspecified atom stereocenters. The number of esters is 1. The van der Waals surface area contributed by atoms with E-state index in [4.69, 9.17) is 4.74 Å². The molecule has 0 bridgehead atoms. The zero-order valence-electron chi connectivity index (χ0n) is 12.2. The Kier molecular flexibility index (Phi) is 5.28. The Balaban J connectivity index is 1.82. The molecule has 0 aromatic heterocycles. The molecule has 0 N–H and O–H groups in total. The van der Waals surface area contributed by atoms with Crippen LogP contribution in [0.3, 0.4) is 0 Å². The minimum Gasteiger partial charge on any atom is -0.490 e. The maximum Gasteiger partial charge on any atom is 0.401 e. The van der Waals surface area contributed by atoms with Gasteiger partial charge in [0.05, 0.1) is 19.2 Å². The fourth-order valence-electron chi connectivity index (χ4n) is 2.42. The third-order valence-corrected chi connectivity index (χ3v) is 3.52. The molecule has 0 amide bonds. The number of carbonyl (C=O) groups is 1. The van der Waals surface area contributed by atoms with Crippen LogP contribution in [0.25, 0.3) is 0 Å². The van der Waals surface area contributed by atoms with Crippen LogP contribution in [-0.4, -0.2) is 49.9 Å². The zero-order chi connectivity index (χ0) is 16.2. The van der Waals surface area contributed by atoms with E-state index in [2.05, 4.69) is 4.74 Å². The minimum atomic E-state index is -4.16. The van der Waals surface area contributed by atoms with Gasteiger partial charge in [0.2, 0.25) is 0 Å². The van der Waals surface area contributed by atoms with Crippen molar-refractivity contribution in [2.75, 3.05) is 26.7 Å². The first-order chi connectivity index (χ1) is 10.4. The summed E-state index contributed by atoms with van der Waals surface area (Å²) in [5.41, 5.74) is 0.426. The van der Waals surface area contributed by atoms with Gasteiger partial charge in [0.15, 0.2) is 0 Å². The Bertz CT molecular complexity index is 494. The second kappa shape index (κ2) is 7.00. The van der Waals surface area contributed by atoms with Crippen LogP contribution in [0.4, 0.5) is 13.2 Å². The van der Waals surface area contributed by atoms with Gasteiger partial charge in [0.25, 0.3) is 0 Å². The van der Waals surface area contributed by atoms with Crippen molar-refractivity contribution >= 4 is 5.97 Å². The number of rotatable bonds is 4. The highest BCUT2D eigenvalue weighted by Crippen LogP contribution is 2.23. The number of hydrogen-bond donors (Lipinski definition) is 0. The Morgan fingerprint density at radius 3 is 2.32 bits per heavy atom. The van der Waals surface area contributed by atoms with Crippen LogP contribution in [0, 0.1) is 0 Å². The molecule has 0 atom stereocenters. The SMILES string of the molecule is COC(=O)c1ccc(OC2CCN(CC(F)(F)F)CC2)cc1. The predicted octanol–water partition coefficient (Wildman–Crippen LogP) is 2.88. The first-order valence-corrected chi connectivity index (χ1v) is 7.01. The molecule has 2 rings (SSSR count). The standard InChI is InChI=1S/C15H18F3NO3/c1-21-14(20)11-2-4-12(5-3-11)22-13-6-8-19(9-7-13)10-15(16,17)18/h2-5,13H,6-10H2,1H3. The second-order valence-corrected chi connectivity index (χ2v) is 5.22. The van der Waals surface area contributed by atoms with Crippen molar-refractivity contribution in [3.63, 3.8) is 0 Å². The molecule has 22 heavy (non-hydrogen) atoms. The summed E-state index contributed by atoms with van der Waals surface area (Å²) in [5, 5.41) is 0. The highest BCUT2D eigenvalue weighted by atomic mass is 19.4. The van der Waals surface area contributed by atoms with Gasteiger partial charge in [-0.15, -0.1) is 0 Å². The van der Waals surface area contributed by atoms with Crippen LogP contribution < -0.4 is 4.74 Å². The highest BCUT2D eigenvalue weighted by molar-refractivity contribution is 5.89. The highest BCUT2D eigenvalue weighted by Gasteiger charge is 2.32. The molecule has 1 heterocycles. The maximum absolute atomic E-state index is 12.3. The molecule has 1 aromatic carbocycles. The van der Waals surface area contributed by atoms with E-state index >= 15 is 0 Å². The summed E-state index contributed by atoms with van der Waals surface area (Å²) < 4.78 is 47.3. The summed E-state index contributed by atoms with van der Waals surface area (Å²) in [4.78, 5) is 12.7. The lowest BCUT2D eigenvalue weighted by Gasteiger charge is -2.32. The van der Waals surface area contributed by atoms with Crippen LogP contribution >= 0.6 is 0 Å². The third-order valence-electron chi connectivity index (χ3n) is 3.52. The van der Waals surface area contributed by atoms with E-state index in [0.717, 1.165) is 0 Å². The summed E-state index contributed by atoms with van der Waals surface area (Å²) in [7, 11) is 1.31. The number of alkyl halides is 3. The number of halogens is 3. The first kappa shape index (κ1) is 16.6. The molecule has 0 radical (unpaired) electrons. The molecule has 4 nitrogen and oxygen atoms in total. The molecule has 122 valence electrons. The van der Waals surface area contributed by atoms with E-state index in [1.54, 1.807) is 24.3 Å². The lowest BCUT2D eigenvalue weighted by atomic mass is 10.1. The van der Waals surface area contributed by atoms with E-state index in [1.807, 2.05) is 0 Å². The summed E-state index contributed by atoms with van der Waals surface area (Å²) in [6.45, 7) is -0.137. The van der Waals surface area contributed by atoms with Crippen molar-refractivity contribution in [2.45, 2.75) is 25.1 Å². The van der Waals surface area contributed by atoms with Gasteiger partial charge in [-0.2, -0.15) is 13.2 Å². The molecular formula is C15H18F3NO3. The van der Waals surface area contributed by atoms with E-state index < -0.39 is 18.7 Å². The number of ether oxygens (including phenoxy) is 2. The van der Waals surface area contributed by atoms with Gasteiger partial charge in [0.1, 0.15) is 11.9 Å². The molecule has 0 saturated carbocycles. The van der Waals surface area contributed by atoms with Crippen molar-refractivity contribution in [2.24, 2.45) is 0 Å². The summed E-state index contributed by atoms with van der Waals surface area (Å²) in [6, 6.07) is 6.52. The van der Waals surface area contributed by atoms with Gasteiger partial charge in [-0.1, -0.05) is 0 Å². The Labute approximate surface area is 126 Å². The van der Waals surface area contributed by atoms with Crippen molar-refractivity contribution in [3.8, 4) is 5.75 Å². The molecule has 7 heteroatoms. The number of hydrogen-bond acceptors (Lipinski definition) is 4. The molecular weight excluding hydrogens is 299 g/mol. The lowest BCUT2D eigenvalue weighted by Crippen LogP contribution is -2.42.